The number of aromatic nitrogens is 1. The molecule has 96 valence electrons. The lowest BCUT2D eigenvalue weighted by atomic mass is 10.3. The lowest BCUT2D eigenvalue weighted by Gasteiger charge is -2.17. The van der Waals surface area contributed by atoms with Gasteiger partial charge in [-0.15, -0.1) is 0 Å². The quantitative estimate of drug-likeness (QED) is 0.779. The number of anilines is 1. The van der Waals surface area contributed by atoms with Crippen molar-refractivity contribution in [3.05, 3.63) is 18.3 Å². The number of nitrogen functional groups attached to an aromatic ring is 1. The zero-order valence-electron chi connectivity index (χ0n) is 9.87. The van der Waals surface area contributed by atoms with Gasteiger partial charge in [0.05, 0.1) is 11.0 Å². The molecule has 0 aliphatic heterocycles. The van der Waals surface area contributed by atoms with Crippen LogP contribution in [0.25, 0.3) is 0 Å². The molecule has 1 aromatic rings. The fraction of sp³-hybridized carbons (Fsp3) is 0.500. The second-order valence-corrected chi connectivity index (χ2v) is 5.93. The van der Waals surface area contributed by atoms with E-state index in [0.717, 1.165) is 0 Å². The van der Waals surface area contributed by atoms with Crippen LogP contribution in [0.4, 0.5) is 5.82 Å². The summed E-state index contributed by atoms with van der Waals surface area (Å²) in [6, 6.07) is 2.71. The van der Waals surface area contributed by atoms with Crippen LogP contribution >= 0.6 is 0 Å². The maximum Gasteiger partial charge on any atom is 0.243 e. The number of rotatable bonds is 5. The van der Waals surface area contributed by atoms with E-state index in [1.807, 2.05) is 0 Å². The van der Waals surface area contributed by atoms with Gasteiger partial charge in [0.25, 0.3) is 0 Å². The summed E-state index contributed by atoms with van der Waals surface area (Å²) in [7, 11) is -2.09. The minimum atomic E-state index is -3.55. The zero-order chi connectivity index (χ0) is 13.1. The molecule has 0 spiro atoms. The van der Waals surface area contributed by atoms with Gasteiger partial charge in [-0.3, -0.25) is 0 Å². The molecule has 0 bridgehead atoms. The lowest BCUT2D eigenvalue weighted by molar-refractivity contribution is 0.177. The van der Waals surface area contributed by atoms with Gasteiger partial charge < -0.3 is 10.8 Å². The molecule has 0 aliphatic carbocycles. The monoisotopic (exact) mass is 259 g/mol. The third-order valence-corrected chi connectivity index (χ3v) is 4.18. The van der Waals surface area contributed by atoms with Gasteiger partial charge >= 0.3 is 0 Å². The zero-order valence-corrected chi connectivity index (χ0v) is 10.7. The number of pyridine rings is 1. The van der Waals surface area contributed by atoms with Crippen molar-refractivity contribution >= 4 is 15.8 Å². The van der Waals surface area contributed by atoms with E-state index >= 15 is 0 Å². The van der Waals surface area contributed by atoms with E-state index in [0.29, 0.717) is 6.42 Å². The summed E-state index contributed by atoms with van der Waals surface area (Å²) in [5.74, 6) is 0.162. The van der Waals surface area contributed by atoms with Crippen LogP contribution in [-0.2, 0) is 10.0 Å². The summed E-state index contributed by atoms with van der Waals surface area (Å²) in [6.07, 6.45) is 1.20. The predicted octanol–water partition coefficient (Wildman–Crippen LogP) is 0.0552. The molecule has 0 saturated carbocycles. The fourth-order valence-corrected chi connectivity index (χ4v) is 2.47. The molecule has 17 heavy (non-hydrogen) atoms. The molecule has 0 radical (unpaired) electrons. The van der Waals surface area contributed by atoms with Crippen molar-refractivity contribution in [3.8, 4) is 0 Å². The van der Waals surface area contributed by atoms with Crippen molar-refractivity contribution in [3.63, 3.8) is 0 Å². The Bertz CT molecular complexity index is 473. The molecular weight excluding hydrogens is 242 g/mol. The van der Waals surface area contributed by atoms with Crippen LogP contribution in [0.1, 0.15) is 13.3 Å². The summed E-state index contributed by atoms with van der Waals surface area (Å²) >= 11 is 0. The Morgan fingerprint density at radius 1 is 1.59 bits per heavy atom. The van der Waals surface area contributed by atoms with Gasteiger partial charge in [0.15, 0.2) is 0 Å². The molecular formula is C10H17N3O3S. The smallest absolute Gasteiger partial charge is 0.243 e. The van der Waals surface area contributed by atoms with Crippen LogP contribution in [0.3, 0.4) is 0 Å². The molecule has 0 fully saturated rings. The standard InChI is InChI=1S/C10H17N3O3S/c1-8(14)4-6-13(2)17(15,16)9-3-5-12-10(11)7-9/h3,5,7-8,14H,4,6H2,1-2H3,(H2,11,12). The van der Waals surface area contributed by atoms with Gasteiger partial charge in [0, 0.05) is 25.9 Å². The van der Waals surface area contributed by atoms with Crippen LogP contribution in [0.5, 0.6) is 0 Å². The van der Waals surface area contributed by atoms with E-state index < -0.39 is 16.1 Å². The van der Waals surface area contributed by atoms with Crippen molar-refractivity contribution in [1.29, 1.82) is 0 Å². The van der Waals surface area contributed by atoms with Crippen molar-refractivity contribution in [2.45, 2.75) is 24.3 Å². The summed E-state index contributed by atoms with van der Waals surface area (Å²) < 4.78 is 25.3. The van der Waals surface area contributed by atoms with E-state index in [-0.39, 0.29) is 17.3 Å². The van der Waals surface area contributed by atoms with Crippen molar-refractivity contribution in [1.82, 2.24) is 9.29 Å². The number of sulfonamides is 1. The summed E-state index contributed by atoms with van der Waals surface area (Å²) in [5.41, 5.74) is 5.44. The molecule has 1 heterocycles. The third kappa shape index (κ3) is 3.65. The normalized spacial score (nSPS) is 13.9. The van der Waals surface area contributed by atoms with Crippen LogP contribution in [-0.4, -0.2) is 42.5 Å². The molecule has 1 aromatic heterocycles. The number of aliphatic hydroxyl groups excluding tert-OH is 1. The van der Waals surface area contributed by atoms with Crippen molar-refractivity contribution in [2.75, 3.05) is 19.3 Å². The molecule has 3 N–H and O–H groups in total. The first-order valence-electron chi connectivity index (χ1n) is 5.20. The summed E-state index contributed by atoms with van der Waals surface area (Å²) in [5, 5.41) is 9.13. The van der Waals surface area contributed by atoms with Gasteiger partial charge in [0.1, 0.15) is 5.82 Å². The number of nitrogens with two attached hydrogens (primary N) is 1. The Kier molecular flexibility index (Phi) is 4.44. The lowest BCUT2D eigenvalue weighted by Crippen LogP contribution is -2.29. The van der Waals surface area contributed by atoms with Crippen LogP contribution in [0.2, 0.25) is 0 Å². The van der Waals surface area contributed by atoms with Gasteiger partial charge in [-0.05, 0) is 19.4 Å². The second-order valence-electron chi connectivity index (χ2n) is 3.88. The number of aliphatic hydroxyl groups is 1. The van der Waals surface area contributed by atoms with E-state index in [2.05, 4.69) is 4.98 Å². The molecule has 0 aliphatic rings. The van der Waals surface area contributed by atoms with E-state index in [9.17, 15) is 8.42 Å². The Labute approximate surface area is 101 Å². The van der Waals surface area contributed by atoms with E-state index in [1.54, 1.807) is 6.92 Å². The topological polar surface area (TPSA) is 96.5 Å². The second kappa shape index (κ2) is 5.44. The first-order valence-corrected chi connectivity index (χ1v) is 6.64. The Balaban J connectivity index is 2.88. The molecule has 6 nitrogen and oxygen atoms in total. The molecule has 7 heteroatoms. The minimum Gasteiger partial charge on any atom is -0.393 e. The van der Waals surface area contributed by atoms with Crippen LogP contribution in [0.15, 0.2) is 23.2 Å². The van der Waals surface area contributed by atoms with Crippen LogP contribution < -0.4 is 5.73 Å². The third-order valence-electron chi connectivity index (χ3n) is 2.32. The van der Waals surface area contributed by atoms with Crippen molar-refractivity contribution < 1.29 is 13.5 Å². The molecule has 0 aromatic carbocycles. The highest BCUT2D eigenvalue weighted by Gasteiger charge is 2.21. The average Bonchev–Trinajstić information content (AvgIpc) is 2.25. The Morgan fingerprint density at radius 2 is 2.24 bits per heavy atom. The molecule has 0 amide bonds. The van der Waals surface area contributed by atoms with E-state index in [1.165, 1.54) is 29.7 Å². The largest absolute Gasteiger partial charge is 0.393 e. The highest BCUT2D eigenvalue weighted by Crippen LogP contribution is 2.15. The van der Waals surface area contributed by atoms with Crippen LogP contribution in [0, 0.1) is 0 Å². The molecule has 0 saturated heterocycles. The van der Waals surface area contributed by atoms with Gasteiger partial charge in [-0.1, -0.05) is 0 Å². The molecule has 1 unspecified atom stereocenters. The molecule has 1 atom stereocenters. The van der Waals surface area contributed by atoms with Gasteiger partial charge in [-0.25, -0.2) is 17.7 Å². The number of hydrogen-bond donors (Lipinski definition) is 2. The number of hydrogen-bond acceptors (Lipinski definition) is 5. The summed E-state index contributed by atoms with van der Waals surface area (Å²) in [4.78, 5) is 3.85. The number of nitrogens with zero attached hydrogens (tertiary/aromatic N) is 2. The summed E-state index contributed by atoms with van der Waals surface area (Å²) in [6.45, 7) is 1.87. The Hall–Kier alpha value is -1.18. The first-order chi connectivity index (χ1) is 7.84. The van der Waals surface area contributed by atoms with Crippen molar-refractivity contribution in [2.24, 2.45) is 0 Å². The highest BCUT2D eigenvalue weighted by molar-refractivity contribution is 7.89. The maximum absolute atomic E-state index is 12.1. The SMILES string of the molecule is CC(O)CCN(C)S(=O)(=O)c1ccnc(N)c1. The van der Waals surface area contributed by atoms with Gasteiger partial charge in [-0.2, -0.15) is 0 Å². The van der Waals surface area contributed by atoms with E-state index in [4.69, 9.17) is 10.8 Å². The molecule has 1 rings (SSSR count). The predicted molar refractivity (Wildman–Crippen MR) is 64.8 cm³/mol. The first kappa shape index (κ1) is 13.9. The van der Waals surface area contributed by atoms with Gasteiger partial charge in [0.2, 0.25) is 10.0 Å². The fourth-order valence-electron chi connectivity index (χ4n) is 1.26. The Morgan fingerprint density at radius 3 is 2.76 bits per heavy atom. The maximum atomic E-state index is 12.1. The highest BCUT2D eigenvalue weighted by atomic mass is 32.2. The average molecular weight is 259 g/mol. The minimum absolute atomic E-state index is 0.109.